The average Bonchev–Trinajstić information content (AvgIpc) is 0.918. The average molecular weight is 104 g/mol. The molecule has 0 unspecified atom stereocenters. The summed E-state index contributed by atoms with van der Waals surface area (Å²) < 4.78 is 0. The molecule has 0 radical (unpaired) electrons. The second kappa shape index (κ2) is 9.84. The zero-order valence-electron chi connectivity index (χ0n) is 2.60. The van der Waals surface area contributed by atoms with Crippen molar-refractivity contribution in [2.75, 3.05) is 6.54 Å². The zero-order chi connectivity index (χ0) is 2.71. The van der Waals surface area contributed by atoms with Crippen LogP contribution in [-0.4, -0.2) is 6.54 Å². The van der Waals surface area contributed by atoms with Crippen molar-refractivity contribution in [3.63, 3.8) is 0 Å². The van der Waals surface area contributed by atoms with E-state index in [4.69, 9.17) is 5.73 Å². The zero-order valence-corrected chi connectivity index (χ0v) is 3.59. The smallest absolute Gasteiger partial charge is 0 e. The molecule has 0 spiro atoms. The summed E-state index contributed by atoms with van der Waals surface area (Å²) in [5.41, 5.74) is 4.85. The SMILES string of the molecule is CCN.[Ni]. The first-order valence-electron chi connectivity index (χ1n) is 1.12. The van der Waals surface area contributed by atoms with Crippen molar-refractivity contribution < 1.29 is 16.5 Å². The van der Waals surface area contributed by atoms with Crippen molar-refractivity contribution in [2.24, 2.45) is 5.73 Å². The third-order valence-electron chi connectivity index (χ3n) is 0. The summed E-state index contributed by atoms with van der Waals surface area (Å²) in [6.07, 6.45) is 0. The molecule has 1 nitrogen and oxygen atoms in total. The third kappa shape index (κ3) is 25.2. The second-order valence-electron chi connectivity index (χ2n) is 0.408. The minimum Gasteiger partial charge on any atom is -0.331 e. The Labute approximate surface area is 36.5 Å². The van der Waals surface area contributed by atoms with Crippen molar-refractivity contribution in [1.29, 1.82) is 0 Å². The van der Waals surface area contributed by atoms with Gasteiger partial charge in [-0.05, 0) is 6.54 Å². The van der Waals surface area contributed by atoms with E-state index in [1.807, 2.05) is 6.92 Å². The van der Waals surface area contributed by atoms with Gasteiger partial charge in [0, 0.05) is 16.5 Å². The Bertz CT molecular complexity index is 6.00. The van der Waals surface area contributed by atoms with Crippen LogP contribution in [0.4, 0.5) is 0 Å². The Morgan fingerprint density at radius 3 is 1.75 bits per heavy atom. The molecule has 0 aliphatic carbocycles. The number of hydrogen-bond donors (Lipinski definition) is 1. The van der Waals surface area contributed by atoms with Gasteiger partial charge in [0.1, 0.15) is 0 Å². The van der Waals surface area contributed by atoms with Gasteiger partial charge in [0.25, 0.3) is 0 Å². The predicted octanol–water partition coefficient (Wildman–Crippen LogP) is -0.0375. The third-order valence-corrected chi connectivity index (χ3v) is 0. The van der Waals surface area contributed by atoms with Crippen LogP contribution in [-0.2, 0) is 16.5 Å². The number of rotatable bonds is 0. The van der Waals surface area contributed by atoms with Crippen molar-refractivity contribution in [3.05, 3.63) is 0 Å². The van der Waals surface area contributed by atoms with Crippen molar-refractivity contribution in [3.8, 4) is 0 Å². The summed E-state index contributed by atoms with van der Waals surface area (Å²) in [6.45, 7) is 2.65. The summed E-state index contributed by atoms with van der Waals surface area (Å²) in [5.74, 6) is 0. The van der Waals surface area contributed by atoms with Crippen LogP contribution in [0.2, 0.25) is 0 Å². The van der Waals surface area contributed by atoms with E-state index in [-0.39, 0.29) is 16.5 Å². The summed E-state index contributed by atoms with van der Waals surface area (Å²) in [5, 5.41) is 0. The Balaban J connectivity index is 0. The van der Waals surface area contributed by atoms with Crippen LogP contribution in [0.5, 0.6) is 0 Å². The van der Waals surface area contributed by atoms with E-state index in [1.165, 1.54) is 0 Å². The van der Waals surface area contributed by atoms with Crippen LogP contribution in [0, 0.1) is 0 Å². The molecule has 0 aliphatic heterocycles. The standard InChI is InChI=1S/C2H7N.Ni/c1-2-3;/h2-3H2,1H3;. The van der Waals surface area contributed by atoms with E-state index in [0.29, 0.717) is 0 Å². The molecule has 2 N–H and O–H groups in total. The fourth-order valence-electron chi connectivity index (χ4n) is 0. The molecule has 0 aliphatic rings. The predicted molar refractivity (Wildman–Crippen MR) is 14.7 cm³/mol. The van der Waals surface area contributed by atoms with Crippen LogP contribution in [0.15, 0.2) is 0 Å². The molecular weight excluding hydrogens is 96.7 g/mol. The molecule has 0 amide bonds. The maximum atomic E-state index is 4.85. The van der Waals surface area contributed by atoms with Gasteiger partial charge < -0.3 is 5.73 Å². The van der Waals surface area contributed by atoms with Gasteiger partial charge in [-0.15, -0.1) is 0 Å². The number of hydrogen-bond acceptors (Lipinski definition) is 1. The maximum absolute atomic E-state index is 4.85. The molecule has 0 heterocycles. The van der Waals surface area contributed by atoms with Crippen molar-refractivity contribution in [1.82, 2.24) is 0 Å². The summed E-state index contributed by atoms with van der Waals surface area (Å²) in [7, 11) is 0. The van der Waals surface area contributed by atoms with E-state index in [0.717, 1.165) is 6.54 Å². The molecule has 2 heteroatoms. The molecule has 0 rings (SSSR count). The fraction of sp³-hybridized carbons (Fsp3) is 1.00. The first-order chi connectivity index (χ1) is 1.41. The summed E-state index contributed by atoms with van der Waals surface area (Å²) >= 11 is 0. The van der Waals surface area contributed by atoms with Gasteiger partial charge in [-0.2, -0.15) is 0 Å². The van der Waals surface area contributed by atoms with Gasteiger partial charge in [0.2, 0.25) is 0 Å². The van der Waals surface area contributed by atoms with Crippen LogP contribution in [0.25, 0.3) is 0 Å². The Morgan fingerprint density at radius 2 is 1.75 bits per heavy atom. The molecule has 4 heavy (non-hydrogen) atoms. The minimum atomic E-state index is 0. The Morgan fingerprint density at radius 1 is 1.75 bits per heavy atom. The normalized spacial score (nSPS) is 4.50. The summed E-state index contributed by atoms with van der Waals surface area (Å²) in [4.78, 5) is 0. The molecule has 0 aromatic heterocycles. The first kappa shape index (κ1) is 8.82. The van der Waals surface area contributed by atoms with Crippen molar-refractivity contribution >= 4 is 0 Å². The molecule has 0 fully saturated rings. The summed E-state index contributed by atoms with van der Waals surface area (Å²) in [6, 6.07) is 0. The Kier molecular flexibility index (Phi) is 21.7. The van der Waals surface area contributed by atoms with E-state index in [9.17, 15) is 0 Å². The molecule has 0 aromatic rings. The monoisotopic (exact) mass is 103 g/mol. The fourth-order valence-corrected chi connectivity index (χ4v) is 0. The van der Waals surface area contributed by atoms with Crippen molar-refractivity contribution in [2.45, 2.75) is 6.92 Å². The van der Waals surface area contributed by atoms with E-state index in [2.05, 4.69) is 0 Å². The van der Waals surface area contributed by atoms with Gasteiger partial charge in [-0.1, -0.05) is 6.92 Å². The first-order valence-corrected chi connectivity index (χ1v) is 1.12. The maximum Gasteiger partial charge on any atom is 0 e. The van der Waals surface area contributed by atoms with E-state index >= 15 is 0 Å². The van der Waals surface area contributed by atoms with Gasteiger partial charge >= 0.3 is 0 Å². The molecular formula is C2H7NNi. The second-order valence-corrected chi connectivity index (χ2v) is 0.408. The van der Waals surface area contributed by atoms with Crippen LogP contribution in [0.3, 0.4) is 0 Å². The molecule has 0 saturated heterocycles. The van der Waals surface area contributed by atoms with Gasteiger partial charge in [-0.25, -0.2) is 0 Å². The van der Waals surface area contributed by atoms with Gasteiger partial charge in [0.05, 0.1) is 0 Å². The van der Waals surface area contributed by atoms with Crippen LogP contribution in [0.1, 0.15) is 6.92 Å². The van der Waals surface area contributed by atoms with Gasteiger partial charge in [-0.3, -0.25) is 0 Å². The Hall–Kier alpha value is 0.454. The van der Waals surface area contributed by atoms with E-state index in [1.54, 1.807) is 0 Å². The van der Waals surface area contributed by atoms with E-state index < -0.39 is 0 Å². The minimum absolute atomic E-state index is 0. The van der Waals surface area contributed by atoms with Crippen LogP contribution < -0.4 is 5.73 Å². The quantitative estimate of drug-likeness (QED) is 0.428. The van der Waals surface area contributed by atoms with Gasteiger partial charge in [0.15, 0.2) is 0 Å². The van der Waals surface area contributed by atoms with Crippen LogP contribution >= 0.6 is 0 Å². The molecule has 0 saturated carbocycles. The molecule has 30 valence electrons. The molecule has 0 bridgehead atoms. The largest absolute Gasteiger partial charge is 0.331 e. The molecule has 0 atom stereocenters. The topological polar surface area (TPSA) is 26.0 Å². The molecule has 0 aromatic carbocycles. The number of nitrogens with two attached hydrogens (primary N) is 1.